The van der Waals surface area contributed by atoms with Crippen LogP contribution in [0.5, 0.6) is 0 Å². The molecule has 5 rings (SSSR count). The Morgan fingerprint density at radius 1 is 1.12 bits per heavy atom. The normalized spacial score (nSPS) is 11.3. The van der Waals surface area contributed by atoms with Crippen LogP contribution >= 0.6 is 11.3 Å². The van der Waals surface area contributed by atoms with Crippen LogP contribution in [-0.4, -0.2) is 30.1 Å². The maximum absolute atomic E-state index is 13.1. The Hall–Kier alpha value is -3.85. The Kier molecular flexibility index (Phi) is 5.02. The van der Waals surface area contributed by atoms with Crippen molar-refractivity contribution in [2.45, 2.75) is 26.8 Å². The number of thiophene rings is 1. The molecular formula is C23H20N6O2S. The minimum atomic E-state index is -0.197. The highest BCUT2D eigenvalue weighted by Gasteiger charge is 2.14. The van der Waals surface area contributed by atoms with E-state index in [9.17, 15) is 9.59 Å². The first-order valence-electron chi connectivity index (χ1n) is 10.1. The molecule has 9 heteroatoms. The highest BCUT2D eigenvalue weighted by molar-refractivity contribution is 7.17. The molecule has 8 nitrogen and oxygen atoms in total. The van der Waals surface area contributed by atoms with Crippen LogP contribution in [0.3, 0.4) is 0 Å². The number of carbonyl (C=O) groups is 1. The largest absolute Gasteiger partial charge is 0.325 e. The van der Waals surface area contributed by atoms with Crippen molar-refractivity contribution in [3.05, 3.63) is 76.0 Å². The van der Waals surface area contributed by atoms with Crippen molar-refractivity contribution < 1.29 is 4.79 Å². The number of hydrogen-bond donors (Lipinski definition) is 1. The van der Waals surface area contributed by atoms with E-state index >= 15 is 0 Å². The van der Waals surface area contributed by atoms with Gasteiger partial charge in [0, 0.05) is 23.9 Å². The Morgan fingerprint density at radius 2 is 1.94 bits per heavy atom. The van der Waals surface area contributed by atoms with E-state index in [0.717, 1.165) is 16.7 Å². The van der Waals surface area contributed by atoms with Crippen molar-refractivity contribution >= 4 is 38.8 Å². The molecule has 4 heterocycles. The Bertz CT molecular complexity index is 1510. The van der Waals surface area contributed by atoms with Crippen LogP contribution in [-0.2, 0) is 11.3 Å². The molecule has 0 aliphatic rings. The highest BCUT2D eigenvalue weighted by atomic mass is 32.1. The molecule has 0 aliphatic carbocycles. The van der Waals surface area contributed by atoms with Crippen LogP contribution in [0.1, 0.15) is 17.8 Å². The second-order valence-corrected chi connectivity index (χ2v) is 8.47. The maximum Gasteiger partial charge on any atom is 0.262 e. The fourth-order valence-electron chi connectivity index (χ4n) is 3.59. The topological polar surface area (TPSA) is 94.2 Å². The zero-order chi connectivity index (χ0) is 22.2. The van der Waals surface area contributed by atoms with E-state index in [-0.39, 0.29) is 24.4 Å². The summed E-state index contributed by atoms with van der Waals surface area (Å²) in [7, 11) is 0. The summed E-state index contributed by atoms with van der Waals surface area (Å²) in [6.07, 6.45) is 3.37. The lowest BCUT2D eigenvalue weighted by Crippen LogP contribution is -2.23. The van der Waals surface area contributed by atoms with Crippen LogP contribution in [0.15, 0.2) is 59.1 Å². The number of hydrogen-bond acceptors (Lipinski definition) is 6. The Balaban J connectivity index is 1.35. The number of benzene rings is 1. The zero-order valence-corrected chi connectivity index (χ0v) is 18.4. The number of nitrogens with one attached hydrogen (secondary N) is 1. The number of nitrogens with zero attached hydrogens (tertiary/aromatic N) is 5. The molecule has 0 saturated carbocycles. The maximum atomic E-state index is 13.1. The van der Waals surface area contributed by atoms with Gasteiger partial charge in [0.25, 0.3) is 5.56 Å². The summed E-state index contributed by atoms with van der Waals surface area (Å²) >= 11 is 1.45. The summed E-state index contributed by atoms with van der Waals surface area (Å²) in [5.41, 5.74) is 4.21. The van der Waals surface area contributed by atoms with Crippen molar-refractivity contribution in [3.63, 3.8) is 0 Å². The van der Waals surface area contributed by atoms with Crippen LogP contribution in [0, 0.1) is 13.8 Å². The highest BCUT2D eigenvalue weighted by Crippen LogP contribution is 2.30. The molecule has 0 atom stereocenters. The molecule has 160 valence electrons. The van der Waals surface area contributed by atoms with Gasteiger partial charge in [-0.05, 0) is 31.5 Å². The van der Waals surface area contributed by atoms with Crippen molar-refractivity contribution in [2.24, 2.45) is 0 Å². The molecule has 0 unspecified atom stereocenters. The average Bonchev–Trinajstić information content (AvgIpc) is 3.36. The summed E-state index contributed by atoms with van der Waals surface area (Å²) in [4.78, 5) is 35.0. The number of carbonyl (C=O) groups excluding carboxylic acids is 1. The molecule has 4 aromatic heterocycles. The van der Waals surface area contributed by atoms with Crippen LogP contribution in [0.2, 0.25) is 0 Å². The van der Waals surface area contributed by atoms with Gasteiger partial charge in [-0.3, -0.25) is 14.2 Å². The number of rotatable bonds is 5. The lowest BCUT2D eigenvalue weighted by atomic mass is 10.1. The number of pyridine rings is 1. The molecular weight excluding hydrogens is 424 g/mol. The molecule has 0 radical (unpaired) electrons. The number of aryl methyl sites for hydroxylation is 3. The minimum Gasteiger partial charge on any atom is -0.325 e. The van der Waals surface area contributed by atoms with Gasteiger partial charge < -0.3 is 5.32 Å². The quantitative estimate of drug-likeness (QED) is 0.445. The lowest BCUT2D eigenvalue weighted by molar-refractivity contribution is -0.116. The van der Waals surface area contributed by atoms with Crippen LogP contribution < -0.4 is 10.9 Å². The summed E-state index contributed by atoms with van der Waals surface area (Å²) in [5, 5.41) is 9.65. The van der Waals surface area contributed by atoms with E-state index < -0.39 is 0 Å². The second kappa shape index (κ2) is 8.01. The predicted molar refractivity (Wildman–Crippen MR) is 125 cm³/mol. The van der Waals surface area contributed by atoms with Gasteiger partial charge >= 0.3 is 0 Å². The molecule has 0 bridgehead atoms. The van der Waals surface area contributed by atoms with E-state index in [4.69, 9.17) is 0 Å². The first kappa shape index (κ1) is 20.1. The summed E-state index contributed by atoms with van der Waals surface area (Å²) < 4.78 is 3.12. The van der Waals surface area contributed by atoms with E-state index in [1.54, 1.807) is 22.8 Å². The fraction of sp³-hybridized carbons (Fsp3) is 0.174. The van der Waals surface area contributed by atoms with E-state index in [2.05, 4.69) is 20.4 Å². The van der Waals surface area contributed by atoms with Gasteiger partial charge in [-0.25, -0.2) is 14.5 Å². The van der Waals surface area contributed by atoms with Crippen molar-refractivity contribution in [1.29, 1.82) is 0 Å². The van der Waals surface area contributed by atoms with Gasteiger partial charge in [0.15, 0.2) is 5.65 Å². The Labute approximate surface area is 187 Å². The molecule has 0 fully saturated rings. The van der Waals surface area contributed by atoms with Gasteiger partial charge in [-0.15, -0.1) is 11.3 Å². The SMILES string of the molecule is Cc1ccc(-c2csc3ncn(CCC(=O)Nc4ccc5nc(C)nn5c4)c(=O)c23)cc1. The van der Waals surface area contributed by atoms with Crippen LogP contribution in [0.25, 0.3) is 27.0 Å². The van der Waals surface area contributed by atoms with E-state index in [1.807, 2.05) is 43.5 Å². The molecule has 0 aliphatic heterocycles. The average molecular weight is 445 g/mol. The van der Waals surface area contributed by atoms with Crippen LogP contribution in [0.4, 0.5) is 5.69 Å². The lowest BCUT2D eigenvalue weighted by Gasteiger charge is -2.08. The minimum absolute atomic E-state index is 0.140. The fourth-order valence-corrected chi connectivity index (χ4v) is 4.49. The molecule has 32 heavy (non-hydrogen) atoms. The van der Waals surface area contributed by atoms with Crippen molar-refractivity contribution in [1.82, 2.24) is 24.1 Å². The predicted octanol–water partition coefficient (Wildman–Crippen LogP) is 3.81. The zero-order valence-electron chi connectivity index (χ0n) is 17.6. The van der Waals surface area contributed by atoms with Gasteiger partial charge in [0.1, 0.15) is 10.7 Å². The second-order valence-electron chi connectivity index (χ2n) is 7.62. The van der Waals surface area contributed by atoms with Gasteiger partial charge in [-0.2, -0.15) is 5.10 Å². The van der Waals surface area contributed by atoms with Gasteiger partial charge in [-0.1, -0.05) is 29.8 Å². The van der Waals surface area contributed by atoms with Gasteiger partial charge in [0.05, 0.1) is 23.6 Å². The third kappa shape index (κ3) is 3.78. The third-order valence-corrected chi connectivity index (χ3v) is 6.11. The molecule has 0 spiro atoms. The molecule has 1 amide bonds. The number of anilines is 1. The van der Waals surface area contributed by atoms with E-state index in [0.29, 0.717) is 27.4 Å². The van der Waals surface area contributed by atoms with Crippen molar-refractivity contribution in [2.75, 3.05) is 5.32 Å². The Morgan fingerprint density at radius 3 is 2.75 bits per heavy atom. The van der Waals surface area contributed by atoms with Gasteiger partial charge in [0.2, 0.25) is 5.91 Å². The number of fused-ring (bicyclic) bond motifs is 2. The van der Waals surface area contributed by atoms with E-state index in [1.165, 1.54) is 22.2 Å². The summed E-state index contributed by atoms with van der Waals surface area (Å²) in [6, 6.07) is 11.6. The molecule has 0 saturated heterocycles. The first-order chi connectivity index (χ1) is 15.5. The molecule has 1 N–H and O–H groups in total. The smallest absolute Gasteiger partial charge is 0.262 e. The summed E-state index contributed by atoms with van der Waals surface area (Å²) in [6.45, 7) is 4.08. The monoisotopic (exact) mass is 444 g/mol. The number of aromatic nitrogens is 5. The molecule has 5 aromatic rings. The first-order valence-corrected chi connectivity index (χ1v) is 11.0. The standard InChI is InChI=1S/C23H20N6O2S/c1-14-3-5-16(6-4-14)18-12-32-22-21(18)23(31)28(13-24-22)10-9-20(30)26-17-7-8-19-25-15(2)27-29(19)11-17/h3-8,11-13H,9-10H2,1-2H3,(H,26,30). The number of amides is 1. The summed E-state index contributed by atoms with van der Waals surface area (Å²) in [5.74, 6) is 0.464. The third-order valence-electron chi connectivity index (χ3n) is 5.22. The molecule has 1 aromatic carbocycles. The van der Waals surface area contributed by atoms with Crippen molar-refractivity contribution in [3.8, 4) is 11.1 Å².